The highest BCUT2D eigenvalue weighted by Crippen LogP contribution is 2.31. The van der Waals surface area contributed by atoms with Crippen molar-refractivity contribution in [2.24, 2.45) is 0 Å². The molecule has 1 N–H and O–H groups in total. The zero-order chi connectivity index (χ0) is 15.7. The number of piperazine rings is 2. The summed E-state index contributed by atoms with van der Waals surface area (Å²) in [5.41, 5.74) is -0.284. The van der Waals surface area contributed by atoms with E-state index in [0.717, 1.165) is 32.2 Å². The van der Waals surface area contributed by atoms with Crippen LogP contribution in [-0.4, -0.2) is 82.7 Å². The lowest BCUT2D eigenvalue weighted by Gasteiger charge is -2.57. The Balaban J connectivity index is 1.71. The first-order chi connectivity index (χ1) is 10.5. The van der Waals surface area contributed by atoms with Gasteiger partial charge in [-0.1, -0.05) is 19.3 Å². The van der Waals surface area contributed by atoms with Crippen LogP contribution in [0.3, 0.4) is 0 Å². The summed E-state index contributed by atoms with van der Waals surface area (Å²) in [6.07, 6.45) is 6.79. The average molecular weight is 309 g/mol. The molecule has 0 aromatic rings. The molecule has 0 aromatic carbocycles. The minimum atomic E-state index is -0.284. The molecule has 5 nitrogen and oxygen atoms in total. The molecule has 2 heterocycles. The Hall–Kier alpha value is -0.650. The summed E-state index contributed by atoms with van der Waals surface area (Å²) in [6, 6.07) is 1.11. The Bertz CT molecular complexity index is 411. The van der Waals surface area contributed by atoms with Crippen LogP contribution in [0.2, 0.25) is 0 Å². The Morgan fingerprint density at radius 2 is 1.86 bits per heavy atom. The van der Waals surface area contributed by atoms with E-state index in [9.17, 15) is 9.90 Å². The number of hydrogen-bond acceptors (Lipinski definition) is 4. The molecule has 2 saturated heterocycles. The zero-order valence-electron chi connectivity index (χ0n) is 14.1. The maximum Gasteiger partial charge on any atom is 0.219 e. The maximum atomic E-state index is 11.9. The Labute approximate surface area is 134 Å². The minimum absolute atomic E-state index is 0.122. The SMILES string of the molecule is CC(=O)N1C[C@@H]2CN(C3CCCCC3)CCN2[C@](C)(CO)C1. The van der Waals surface area contributed by atoms with Crippen LogP contribution in [0.5, 0.6) is 0 Å². The molecule has 0 radical (unpaired) electrons. The fourth-order valence-corrected chi connectivity index (χ4v) is 4.73. The number of fused-ring (bicyclic) bond motifs is 1. The summed E-state index contributed by atoms with van der Waals surface area (Å²) in [5.74, 6) is 0.133. The number of amides is 1. The van der Waals surface area contributed by atoms with Crippen molar-refractivity contribution in [3.63, 3.8) is 0 Å². The third-order valence-electron chi connectivity index (χ3n) is 6.05. The largest absolute Gasteiger partial charge is 0.394 e. The molecule has 22 heavy (non-hydrogen) atoms. The second-order valence-electron chi connectivity index (χ2n) is 7.69. The fraction of sp³-hybridized carbons (Fsp3) is 0.941. The third-order valence-corrected chi connectivity index (χ3v) is 6.05. The van der Waals surface area contributed by atoms with Crippen LogP contribution in [0.15, 0.2) is 0 Å². The van der Waals surface area contributed by atoms with Gasteiger partial charge in [0.1, 0.15) is 0 Å². The number of aliphatic hydroxyl groups is 1. The minimum Gasteiger partial charge on any atom is -0.394 e. The van der Waals surface area contributed by atoms with Gasteiger partial charge in [-0.3, -0.25) is 14.6 Å². The van der Waals surface area contributed by atoms with Crippen LogP contribution < -0.4 is 0 Å². The molecule has 3 rings (SSSR count). The van der Waals surface area contributed by atoms with Gasteiger partial charge < -0.3 is 10.0 Å². The van der Waals surface area contributed by atoms with Crippen LogP contribution >= 0.6 is 0 Å². The number of carbonyl (C=O) groups is 1. The van der Waals surface area contributed by atoms with Crippen molar-refractivity contribution in [2.45, 2.75) is 63.6 Å². The van der Waals surface area contributed by atoms with Crippen molar-refractivity contribution in [1.29, 1.82) is 0 Å². The van der Waals surface area contributed by atoms with Gasteiger partial charge >= 0.3 is 0 Å². The van der Waals surface area contributed by atoms with E-state index in [1.807, 2.05) is 4.90 Å². The van der Waals surface area contributed by atoms with Gasteiger partial charge in [0, 0.05) is 51.7 Å². The van der Waals surface area contributed by atoms with E-state index in [0.29, 0.717) is 12.6 Å². The predicted octanol–water partition coefficient (Wildman–Crippen LogP) is 0.918. The van der Waals surface area contributed by atoms with E-state index in [2.05, 4.69) is 16.7 Å². The molecule has 1 saturated carbocycles. The summed E-state index contributed by atoms with van der Waals surface area (Å²) in [7, 11) is 0. The van der Waals surface area contributed by atoms with Crippen LogP contribution in [0.4, 0.5) is 0 Å². The molecule has 0 unspecified atom stereocenters. The van der Waals surface area contributed by atoms with Gasteiger partial charge in [0.25, 0.3) is 0 Å². The molecule has 1 amide bonds. The maximum absolute atomic E-state index is 11.9. The standard InChI is InChI=1S/C17H31N3O2/c1-14(22)19-11-16-10-18(15-6-4-3-5-7-15)8-9-20(16)17(2,12-19)13-21/h15-16,21H,3-13H2,1-2H3/t16-,17-/m0/s1. The number of hydrogen-bond donors (Lipinski definition) is 1. The molecule has 1 aliphatic carbocycles. The van der Waals surface area contributed by atoms with Gasteiger partial charge in [-0.05, 0) is 19.8 Å². The van der Waals surface area contributed by atoms with Crippen LogP contribution in [0.1, 0.15) is 46.0 Å². The molecule has 2 atom stereocenters. The summed E-state index contributed by atoms with van der Waals surface area (Å²) >= 11 is 0. The molecule has 0 spiro atoms. The van der Waals surface area contributed by atoms with E-state index < -0.39 is 0 Å². The lowest BCUT2D eigenvalue weighted by molar-refractivity contribution is -0.144. The number of nitrogens with zero attached hydrogens (tertiary/aromatic N) is 3. The molecule has 3 aliphatic rings. The normalized spacial score (nSPS) is 35.4. The first-order valence-electron chi connectivity index (χ1n) is 8.91. The van der Waals surface area contributed by atoms with E-state index in [1.54, 1.807) is 6.92 Å². The molecule has 2 aliphatic heterocycles. The van der Waals surface area contributed by atoms with Gasteiger partial charge in [0.2, 0.25) is 5.91 Å². The first kappa shape index (κ1) is 16.2. The zero-order valence-corrected chi connectivity index (χ0v) is 14.1. The van der Waals surface area contributed by atoms with Crippen molar-refractivity contribution in [3.05, 3.63) is 0 Å². The second-order valence-corrected chi connectivity index (χ2v) is 7.69. The van der Waals surface area contributed by atoms with E-state index in [4.69, 9.17) is 0 Å². The van der Waals surface area contributed by atoms with Gasteiger partial charge in [-0.15, -0.1) is 0 Å². The van der Waals surface area contributed by atoms with Crippen molar-refractivity contribution >= 4 is 5.91 Å². The van der Waals surface area contributed by atoms with Gasteiger partial charge in [-0.2, -0.15) is 0 Å². The highest BCUT2D eigenvalue weighted by molar-refractivity contribution is 5.73. The molecular formula is C17H31N3O2. The smallest absolute Gasteiger partial charge is 0.219 e. The molecular weight excluding hydrogens is 278 g/mol. The van der Waals surface area contributed by atoms with Crippen molar-refractivity contribution < 1.29 is 9.90 Å². The Morgan fingerprint density at radius 3 is 2.50 bits per heavy atom. The van der Waals surface area contributed by atoms with Crippen molar-refractivity contribution in [2.75, 3.05) is 39.3 Å². The quantitative estimate of drug-likeness (QED) is 0.824. The van der Waals surface area contributed by atoms with Crippen LogP contribution in [-0.2, 0) is 4.79 Å². The third kappa shape index (κ3) is 3.03. The van der Waals surface area contributed by atoms with Gasteiger partial charge in [0.05, 0.1) is 12.1 Å². The lowest BCUT2D eigenvalue weighted by Crippen LogP contribution is -2.72. The van der Waals surface area contributed by atoms with E-state index in [1.165, 1.54) is 32.1 Å². The summed E-state index contributed by atoms with van der Waals surface area (Å²) < 4.78 is 0. The van der Waals surface area contributed by atoms with Crippen molar-refractivity contribution in [3.8, 4) is 0 Å². The fourth-order valence-electron chi connectivity index (χ4n) is 4.73. The topological polar surface area (TPSA) is 47.0 Å². The molecule has 126 valence electrons. The van der Waals surface area contributed by atoms with Gasteiger partial charge in [0.15, 0.2) is 0 Å². The molecule has 5 heteroatoms. The van der Waals surface area contributed by atoms with Gasteiger partial charge in [-0.25, -0.2) is 0 Å². The highest BCUT2D eigenvalue weighted by Gasteiger charge is 2.46. The number of aliphatic hydroxyl groups excluding tert-OH is 1. The first-order valence-corrected chi connectivity index (χ1v) is 8.91. The summed E-state index contributed by atoms with van der Waals surface area (Å²) in [6.45, 7) is 8.51. The number of carbonyl (C=O) groups excluding carboxylic acids is 1. The van der Waals surface area contributed by atoms with E-state index >= 15 is 0 Å². The average Bonchev–Trinajstić information content (AvgIpc) is 2.55. The number of rotatable bonds is 2. The molecule has 3 fully saturated rings. The molecule has 0 aromatic heterocycles. The highest BCUT2D eigenvalue weighted by atomic mass is 16.3. The van der Waals surface area contributed by atoms with E-state index in [-0.39, 0.29) is 18.1 Å². The molecule has 0 bridgehead atoms. The van der Waals surface area contributed by atoms with Crippen molar-refractivity contribution in [1.82, 2.24) is 14.7 Å². The second kappa shape index (κ2) is 6.46. The Morgan fingerprint density at radius 1 is 1.14 bits per heavy atom. The summed E-state index contributed by atoms with van der Waals surface area (Å²) in [4.78, 5) is 18.9. The summed E-state index contributed by atoms with van der Waals surface area (Å²) in [5, 5.41) is 9.91. The lowest BCUT2D eigenvalue weighted by atomic mass is 9.89. The van der Waals surface area contributed by atoms with Crippen LogP contribution in [0, 0.1) is 0 Å². The Kier molecular flexibility index (Phi) is 4.76. The van der Waals surface area contributed by atoms with Crippen LogP contribution in [0.25, 0.3) is 0 Å². The predicted molar refractivity (Wildman–Crippen MR) is 86.7 cm³/mol. The monoisotopic (exact) mass is 309 g/mol.